The molecule has 0 saturated heterocycles. The number of anilines is 1. The Kier molecular flexibility index (Phi) is 6.16. The summed E-state index contributed by atoms with van der Waals surface area (Å²) in [5.41, 5.74) is 0.880. The highest BCUT2D eigenvalue weighted by Crippen LogP contribution is 2.12. The highest BCUT2D eigenvalue weighted by molar-refractivity contribution is 7.92. The van der Waals surface area contributed by atoms with Crippen LogP contribution in [0.25, 0.3) is 0 Å². The number of ether oxygens (including phenoxy) is 1. The summed E-state index contributed by atoms with van der Waals surface area (Å²) in [4.78, 5) is 21.6. The Labute approximate surface area is 123 Å². The fourth-order valence-electron chi connectivity index (χ4n) is 1.55. The quantitative estimate of drug-likeness (QED) is 0.693. The van der Waals surface area contributed by atoms with E-state index in [1.807, 2.05) is 0 Å². The van der Waals surface area contributed by atoms with Crippen LogP contribution >= 0.6 is 0 Å². The molecule has 0 saturated carbocycles. The second-order valence-electron chi connectivity index (χ2n) is 4.24. The molecule has 0 aromatic heterocycles. The topological polar surface area (TPSA) is 110 Å². The van der Waals surface area contributed by atoms with Crippen molar-refractivity contribution < 1.29 is 27.9 Å². The lowest BCUT2D eigenvalue weighted by Gasteiger charge is -2.08. The van der Waals surface area contributed by atoms with Crippen LogP contribution in [-0.4, -0.2) is 37.8 Å². The van der Waals surface area contributed by atoms with Gasteiger partial charge < -0.3 is 9.84 Å². The van der Waals surface area contributed by atoms with Crippen LogP contribution in [0.3, 0.4) is 0 Å². The zero-order chi connectivity index (χ0) is 15.9. The Morgan fingerprint density at radius 2 is 1.86 bits per heavy atom. The van der Waals surface area contributed by atoms with E-state index in [9.17, 15) is 18.0 Å². The molecular weight excluding hydrogens is 298 g/mol. The summed E-state index contributed by atoms with van der Waals surface area (Å²) in [6.07, 6.45) is -0.351. The second-order valence-corrected chi connectivity index (χ2v) is 6.09. The molecule has 7 nitrogen and oxygen atoms in total. The molecule has 0 unspecified atom stereocenters. The molecular formula is C13H17NO6S. The molecule has 116 valence electrons. The standard InChI is InChI=1S/C13H17NO6S/c1-2-20-13(17)7-8-21(18,19)14-11-5-3-10(4-6-11)9-12(15)16/h3-6,14H,2,7-9H2,1H3,(H,15,16). The van der Waals surface area contributed by atoms with Crippen molar-refractivity contribution in [2.75, 3.05) is 17.1 Å². The van der Waals surface area contributed by atoms with Gasteiger partial charge in [0.15, 0.2) is 0 Å². The van der Waals surface area contributed by atoms with Gasteiger partial charge in [-0.25, -0.2) is 8.42 Å². The van der Waals surface area contributed by atoms with E-state index in [2.05, 4.69) is 9.46 Å². The van der Waals surface area contributed by atoms with Crippen molar-refractivity contribution in [1.29, 1.82) is 0 Å². The number of benzene rings is 1. The maximum atomic E-state index is 11.8. The second kappa shape index (κ2) is 7.63. The molecule has 1 rings (SSSR count). The molecule has 0 aliphatic carbocycles. The number of carbonyl (C=O) groups excluding carboxylic acids is 1. The number of carboxylic acid groups (broad SMARTS) is 1. The number of rotatable bonds is 8. The summed E-state index contributed by atoms with van der Waals surface area (Å²) in [6.45, 7) is 1.85. The lowest BCUT2D eigenvalue weighted by Crippen LogP contribution is -2.20. The Balaban J connectivity index is 2.58. The molecule has 1 aromatic carbocycles. The number of hydrogen-bond donors (Lipinski definition) is 2. The molecule has 0 aliphatic rings. The summed E-state index contributed by atoms with van der Waals surface area (Å²) >= 11 is 0. The molecule has 0 amide bonds. The maximum Gasteiger partial charge on any atom is 0.307 e. The molecule has 0 bridgehead atoms. The summed E-state index contributed by atoms with van der Waals surface area (Å²) < 4.78 is 30.5. The van der Waals surface area contributed by atoms with Crippen LogP contribution < -0.4 is 4.72 Å². The molecule has 0 spiro atoms. The summed E-state index contributed by atoms with van der Waals surface area (Å²) in [6, 6.07) is 6.00. The number of carbonyl (C=O) groups is 2. The molecule has 0 atom stereocenters. The van der Waals surface area contributed by atoms with Crippen LogP contribution in [-0.2, 0) is 30.8 Å². The Bertz CT molecular complexity index is 594. The third kappa shape index (κ3) is 6.75. The number of aliphatic carboxylic acids is 1. The van der Waals surface area contributed by atoms with E-state index in [1.165, 1.54) is 24.3 Å². The molecule has 21 heavy (non-hydrogen) atoms. The first-order valence-electron chi connectivity index (χ1n) is 6.29. The number of carboxylic acids is 1. The number of sulfonamides is 1. The minimum atomic E-state index is -3.65. The van der Waals surface area contributed by atoms with E-state index in [4.69, 9.17) is 5.11 Å². The van der Waals surface area contributed by atoms with Gasteiger partial charge in [-0.15, -0.1) is 0 Å². The van der Waals surface area contributed by atoms with E-state index < -0.39 is 22.0 Å². The minimum absolute atomic E-state index is 0.129. The van der Waals surface area contributed by atoms with Gasteiger partial charge in [0.2, 0.25) is 10.0 Å². The third-order valence-electron chi connectivity index (χ3n) is 2.46. The van der Waals surface area contributed by atoms with Crippen LogP contribution in [0.15, 0.2) is 24.3 Å². The molecule has 0 heterocycles. The van der Waals surface area contributed by atoms with Crippen molar-refractivity contribution in [3.05, 3.63) is 29.8 Å². The molecule has 2 N–H and O–H groups in total. The van der Waals surface area contributed by atoms with E-state index >= 15 is 0 Å². The Morgan fingerprint density at radius 1 is 1.24 bits per heavy atom. The van der Waals surface area contributed by atoms with E-state index in [0.717, 1.165) is 0 Å². The first kappa shape index (κ1) is 17.0. The zero-order valence-electron chi connectivity index (χ0n) is 11.5. The van der Waals surface area contributed by atoms with Gasteiger partial charge >= 0.3 is 11.9 Å². The highest BCUT2D eigenvalue weighted by Gasteiger charge is 2.14. The van der Waals surface area contributed by atoms with E-state index in [1.54, 1.807) is 6.92 Å². The molecule has 1 aromatic rings. The van der Waals surface area contributed by atoms with Crippen LogP contribution in [0.5, 0.6) is 0 Å². The van der Waals surface area contributed by atoms with Crippen molar-refractivity contribution in [3.8, 4) is 0 Å². The number of nitrogens with one attached hydrogen (secondary N) is 1. The van der Waals surface area contributed by atoms with Crippen LogP contribution in [0.1, 0.15) is 18.9 Å². The number of hydrogen-bond acceptors (Lipinski definition) is 5. The van der Waals surface area contributed by atoms with Crippen molar-refractivity contribution in [2.45, 2.75) is 19.8 Å². The van der Waals surface area contributed by atoms with Gasteiger partial charge in [0, 0.05) is 5.69 Å². The third-order valence-corrected chi connectivity index (χ3v) is 3.75. The van der Waals surface area contributed by atoms with E-state index in [-0.39, 0.29) is 25.2 Å². The monoisotopic (exact) mass is 315 g/mol. The lowest BCUT2D eigenvalue weighted by molar-refractivity contribution is -0.142. The summed E-state index contributed by atoms with van der Waals surface area (Å²) in [5.74, 6) is -1.90. The Hall–Kier alpha value is -2.09. The summed E-state index contributed by atoms with van der Waals surface area (Å²) in [7, 11) is -3.65. The maximum absolute atomic E-state index is 11.8. The summed E-state index contributed by atoms with van der Waals surface area (Å²) in [5, 5.41) is 8.63. The van der Waals surface area contributed by atoms with Gasteiger partial charge in [0.25, 0.3) is 0 Å². The normalized spacial score (nSPS) is 10.9. The van der Waals surface area contributed by atoms with Crippen molar-refractivity contribution in [2.24, 2.45) is 0 Å². The number of esters is 1. The van der Waals surface area contributed by atoms with Gasteiger partial charge in [-0.2, -0.15) is 0 Å². The molecule has 0 fully saturated rings. The van der Waals surface area contributed by atoms with Crippen LogP contribution in [0.4, 0.5) is 5.69 Å². The van der Waals surface area contributed by atoms with Gasteiger partial charge in [-0.05, 0) is 24.6 Å². The largest absolute Gasteiger partial charge is 0.481 e. The molecule has 0 aliphatic heterocycles. The average molecular weight is 315 g/mol. The zero-order valence-corrected chi connectivity index (χ0v) is 12.4. The highest BCUT2D eigenvalue weighted by atomic mass is 32.2. The van der Waals surface area contributed by atoms with Crippen molar-refractivity contribution in [3.63, 3.8) is 0 Å². The van der Waals surface area contributed by atoms with Gasteiger partial charge in [-0.3, -0.25) is 14.3 Å². The SMILES string of the molecule is CCOC(=O)CCS(=O)(=O)Nc1ccc(CC(=O)O)cc1. The molecule has 0 radical (unpaired) electrons. The molecule has 8 heteroatoms. The lowest BCUT2D eigenvalue weighted by atomic mass is 10.1. The first-order chi connectivity index (χ1) is 9.82. The minimum Gasteiger partial charge on any atom is -0.481 e. The predicted molar refractivity (Wildman–Crippen MR) is 76.4 cm³/mol. The fourth-order valence-corrected chi connectivity index (χ4v) is 2.58. The van der Waals surface area contributed by atoms with Gasteiger partial charge in [0.05, 0.1) is 25.2 Å². The average Bonchev–Trinajstić information content (AvgIpc) is 2.38. The first-order valence-corrected chi connectivity index (χ1v) is 7.94. The predicted octanol–water partition coefficient (Wildman–Crippen LogP) is 1.01. The van der Waals surface area contributed by atoms with Gasteiger partial charge in [0.1, 0.15) is 0 Å². The van der Waals surface area contributed by atoms with Crippen molar-refractivity contribution in [1.82, 2.24) is 0 Å². The van der Waals surface area contributed by atoms with Crippen LogP contribution in [0, 0.1) is 0 Å². The van der Waals surface area contributed by atoms with Gasteiger partial charge in [-0.1, -0.05) is 12.1 Å². The van der Waals surface area contributed by atoms with Crippen LogP contribution in [0.2, 0.25) is 0 Å². The van der Waals surface area contributed by atoms with E-state index in [0.29, 0.717) is 11.3 Å². The Morgan fingerprint density at radius 3 is 2.38 bits per heavy atom. The van der Waals surface area contributed by atoms with Crippen molar-refractivity contribution >= 4 is 27.6 Å². The fraction of sp³-hybridized carbons (Fsp3) is 0.385. The smallest absolute Gasteiger partial charge is 0.307 e.